The molecule has 13 aromatic rings. The van der Waals surface area contributed by atoms with Crippen LogP contribution in [0.5, 0.6) is 0 Å². The Morgan fingerprint density at radius 3 is 1.57 bits per heavy atom. The molecule has 268 valence electrons. The molecule has 0 radical (unpaired) electrons. The molecule has 1 nitrogen and oxygen atoms in total. The Bertz CT molecular complexity index is 3810. The summed E-state index contributed by atoms with van der Waals surface area (Å²) in [5, 5.41) is 17.5. The number of para-hydroxylation sites is 1. The summed E-state index contributed by atoms with van der Waals surface area (Å²) in [4.78, 5) is 0. The zero-order valence-electron chi connectivity index (χ0n) is 31.3. The van der Waals surface area contributed by atoms with Crippen LogP contribution >= 0.6 is 11.3 Å². The smallest absolute Gasteiger partial charge is 0.136 e. The molecule has 0 aliphatic heterocycles. The molecule has 13 rings (SSSR count). The molecule has 11 aromatic carbocycles. The van der Waals surface area contributed by atoms with Crippen molar-refractivity contribution in [1.82, 2.24) is 0 Å². The van der Waals surface area contributed by atoms with Gasteiger partial charge in [0.05, 0.1) is 0 Å². The third-order valence-corrected chi connectivity index (χ3v) is 13.5. The molecule has 0 aliphatic carbocycles. The summed E-state index contributed by atoms with van der Waals surface area (Å²) in [5.74, 6) is 0. The average Bonchev–Trinajstić information content (AvgIpc) is 3.84. The lowest BCUT2D eigenvalue weighted by Gasteiger charge is -2.20. The molecular weight excluding hydrogens is 721 g/mol. The van der Waals surface area contributed by atoms with E-state index in [0.717, 1.165) is 16.6 Å². The predicted octanol–water partition coefficient (Wildman–Crippen LogP) is 16.7. The normalized spacial score (nSPS) is 12.1. The fourth-order valence-electron chi connectivity index (χ4n) is 9.91. The van der Waals surface area contributed by atoms with Gasteiger partial charge in [-0.2, -0.15) is 0 Å². The second kappa shape index (κ2) is 12.1. The highest BCUT2D eigenvalue weighted by molar-refractivity contribution is 7.26. The number of furan rings is 1. The molecule has 58 heavy (non-hydrogen) atoms. The highest BCUT2D eigenvalue weighted by Gasteiger charge is 2.21. The van der Waals surface area contributed by atoms with Crippen molar-refractivity contribution in [1.29, 1.82) is 0 Å². The lowest BCUT2D eigenvalue weighted by Crippen LogP contribution is -1.93. The van der Waals surface area contributed by atoms with Crippen molar-refractivity contribution in [2.75, 3.05) is 0 Å². The molecule has 0 bridgehead atoms. The van der Waals surface area contributed by atoms with Crippen LogP contribution in [0, 0.1) is 0 Å². The highest BCUT2D eigenvalue weighted by Crippen LogP contribution is 2.49. The van der Waals surface area contributed by atoms with Crippen LogP contribution in [0.2, 0.25) is 0 Å². The van der Waals surface area contributed by atoms with Crippen LogP contribution in [-0.4, -0.2) is 0 Å². The Labute approximate surface area is 337 Å². The molecule has 2 aromatic heterocycles. The van der Waals surface area contributed by atoms with Gasteiger partial charge in [-0.3, -0.25) is 0 Å². The summed E-state index contributed by atoms with van der Waals surface area (Å²) < 4.78 is 8.95. The molecule has 0 aliphatic rings. The zero-order valence-corrected chi connectivity index (χ0v) is 32.1. The van der Waals surface area contributed by atoms with Gasteiger partial charge in [-0.25, -0.2) is 0 Å². The second-order valence-electron chi connectivity index (χ2n) is 15.5. The summed E-state index contributed by atoms with van der Waals surface area (Å²) in [5.41, 5.74) is 9.43. The van der Waals surface area contributed by atoms with Crippen LogP contribution < -0.4 is 0 Å². The lowest BCUT2D eigenvalue weighted by atomic mass is 9.83. The van der Waals surface area contributed by atoms with Crippen LogP contribution in [0.4, 0.5) is 0 Å². The van der Waals surface area contributed by atoms with Gasteiger partial charge in [0.15, 0.2) is 0 Å². The molecule has 0 atom stereocenters. The van der Waals surface area contributed by atoms with Gasteiger partial charge in [-0.1, -0.05) is 164 Å². The molecular formula is C56H32OS. The van der Waals surface area contributed by atoms with Crippen LogP contribution in [0.1, 0.15) is 0 Å². The van der Waals surface area contributed by atoms with Gasteiger partial charge >= 0.3 is 0 Å². The summed E-state index contributed by atoms with van der Waals surface area (Å²) in [6.07, 6.45) is 0. The molecule has 2 heterocycles. The van der Waals surface area contributed by atoms with Crippen LogP contribution in [0.3, 0.4) is 0 Å². The van der Waals surface area contributed by atoms with Crippen molar-refractivity contribution in [3.63, 3.8) is 0 Å². The number of hydrogen-bond acceptors (Lipinski definition) is 2. The van der Waals surface area contributed by atoms with E-state index in [1.807, 2.05) is 17.4 Å². The van der Waals surface area contributed by atoms with E-state index < -0.39 is 0 Å². The van der Waals surface area contributed by atoms with Crippen molar-refractivity contribution in [2.45, 2.75) is 0 Å². The molecule has 0 spiro atoms. The Morgan fingerprint density at radius 1 is 0.293 bits per heavy atom. The van der Waals surface area contributed by atoms with Gasteiger partial charge in [-0.05, 0) is 118 Å². The Kier molecular flexibility index (Phi) is 6.66. The van der Waals surface area contributed by atoms with Crippen molar-refractivity contribution in [3.8, 4) is 33.4 Å². The Morgan fingerprint density at radius 2 is 0.845 bits per heavy atom. The van der Waals surface area contributed by atoms with Gasteiger partial charge in [0.25, 0.3) is 0 Å². The molecule has 0 saturated heterocycles. The van der Waals surface area contributed by atoms with Crippen molar-refractivity contribution in [3.05, 3.63) is 194 Å². The van der Waals surface area contributed by atoms with Gasteiger partial charge in [0, 0.05) is 30.9 Å². The van der Waals surface area contributed by atoms with E-state index in [4.69, 9.17) is 4.42 Å². The van der Waals surface area contributed by atoms with Gasteiger partial charge < -0.3 is 4.42 Å². The van der Waals surface area contributed by atoms with Crippen molar-refractivity contribution in [2.24, 2.45) is 0 Å². The highest BCUT2D eigenvalue weighted by atomic mass is 32.1. The Balaban J connectivity index is 1.06. The maximum absolute atomic E-state index is 6.38. The van der Waals surface area contributed by atoms with Crippen molar-refractivity contribution < 1.29 is 4.42 Å². The number of thiophene rings is 1. The minimum absolute atomic E-state index is 0.934. The maximum Gasteiger partial charge on any atom is 0.136 e. The number of fused-ring (bicyclic) bond motifs is 12. The second-order valence-corrected chi connectivity index (χ2v) is 16.6. The van der Waals surface area contributed by atoms with Crippen LogP contribution in [0.25, 0.3) is 129 Å². The largest absolute Gasteiger partial charge is 0.456 e. The molecule has 0 unspecified atom stereocenters. The monoisotopic (exact) mass is 752 g/mol. The molecule has 0 saturated carbocycles. The first kappa shape index (κ1) is 31.9. The van der Waals surface area contributed by atoms with E-state index in [1.165, 1.54) is 113 Å². The van der Waals surface area contributed by atoms with Crippen LogP contribution in [-0.2, 0) is 0 Å². The Hall–Kier alpha value is -7.26. The average molecular weight is 753 g/mol. The fourth-order valence-corrected chi connectivity index (χ4v) is 11.1. The quantitative estimate of drug-likeness (QED) is 0.164. The summed E-state index contributed by atoms with van der Waals surface area (Å²) in [6, 6.07) is 71.6. The van der Waals surface area contributed by atoms with Gasteiger partial charge in [0.1, 0.15) is 11.2 Å². The third kappa shape index (κ3) is 4.52. The van der Waals surface area contributed by atoms with E-state index in [9.17, 15) is 0 Å². The predicted molar refractivity (Wildman–Crippen MR) is 250 cm³/mol. The van der Waals surface area contributed by atoms with E-state index in [-0.39, 0.29) is 0 Å². The van der Waals surface area contributed by atoms with Gasteiger partial charge in [-0.15, -0.1) is 11.3 Å². The third-order valence-electron chi connectivity index (χ3n) is 12.4. The molecule has 0 amide bonds. The van der Waals surface area contributed by atoms with E-state index >= 15 is 0 Å². The summed E-state index contributed by atoms with van der Waals surface area (Å²) >= 11 is 1.88. The van der Waals surface area contributed by atoms with E-state index in [1.54, 1.807) is 0 Å². The minimum Gasteiger partial charge on any atom is -0.456 e. The first-order valence-electron chi connectivity index (χ1n) is 19.9. The van der Waals surface area contributed by atoms with Crippen molar-refractivity contribution >= 4 is 107 Å². The number of rotatable bonds is 3. The summed E-state index contributed by atoms with van der Waals surface area (Å²) in [6.45, 7) is 0. The number of hydrogen-bond donors (Lipinski definition) is 0. The lowest BCUT2D eigenvalue weighted by molar-refractivity contribution is 0.669. The van der Waals surface area contributed by atoms with E-state index in [2.05, 4.69) is 188 Å². The molecule has 2 heteroatoms. The summed E-state index contributed by atoms with van der Waals surface area (Å²) in [7, 11) is 0. The van der Waals surface area contributed by atoms with Gasteiger partial charge in [0.2, 0.25) is 0 Å². The van der Waals surface area contributed by atoms with Crippen LogP contribution in [0.15, 0.2) is 199 Å². The first-order chi connectivity index (χ1) is 28.8. The standard InChI is InChI=1S/C56H32OS/c1-2-14-34-29-35(26-25-33(34)13-1)54-42-20-7-9-22-44(42)55(45-23-10-8-21-43(45)54)46-28-27-39(36-15-3-4-16-37(36)46)47-31-53-56(41-19-6-5-17-38(41)47)49-30-51-48(32-52(49)58-53)40-18-11-12-24-50(40)57-51/h1-32H. The topological polar surface area (TPSA) is 13.1 Å². The first-order valence-corrected chi connectivity index (χ1v) is 20.7. The zero-order chi connectivity index (χ0) is 37.9. The maximum atomic E-state index is 6.38. The number of benzene rings is 11. The minimum atomic E-state index is 0.934. The molecule has 0 fully saturated rings. The van der Waals surface area contributed by atoms with E-state index in [0.29, 0.717) is 0 Å². The SMILES string of the molecule is c1ccc2cc(-c3c4ccccc4c(-c4ccc(-c5cc6sc7cc8c(cc7c6c6ccccc56)oc5ccccc58)c5ccccc45)c4ccccc34)ccc2c1. The fraction of sp³-hybridized carbons (Fsp3) is 0. The molecule has 0 N–H and O–H groups in total.